The number of aryl methyl sites for hydroxylation is 1. The molecule has 1 saturated heterocycles. The van der Waals surface area contributed by atoms with Gasteiger partial charge >= 0.3 is 0 Å². The number of rotatable bonds is 3. The van der Waals surface area contributed by atoms with Crippen molar-refractivity contribution in [2.45, 2.75) is 39.7 Å². The largest absolute Gasteiger partial charge is 0.293 e. The van der Waals surface area contributed by atoms with Gasteiger partial charge in [0.25, 0.3) is 0 Å². The predicted molar refractivity (Wildman–Crippen MR) is 72.8 cm³/mol. The molecule has 1 aliphatic rings. The zero-order valence-corrected chi connectivity index (χ0v) is 11.7. The van der Waals surface area contributed by atoms with Crippen molar-refractivity contribution in [3.63, 3.8) is 0 Å². The Hall–Kier alpha value is -0.670. The molecule has 3 heteroatoms. The van der Waals surface area contributed by atoms with Gasteiger partial charge in [-0.25, -0.2) is 0 Å². The van der Waals surface area contributed by atoms with Crippen LogP contribution in [0.2, 0.25) is 0 Å². The number of ketones is 1. The van der Waals surface area contributed by atoms with E-state index in [-0.39, 0.29) is 5.78 Å². The van der Waals surface area contributed by atoms with Crippen LogP contribution in [0.4, 0.5) is 0 Å². The molecule has 0 N–H and O–H groups in total. The summed E-state index contributed by atoms with van der Waals surface area (Å²) >= 11 is 1.61. The van der Waals surface area contributed by atoms with Crippen molar-refractivity contribution in [2.24, 2.45) is 5.92 Å². The molecule has 2 heterocycles. The molecule has 2 nitrogen and oxygen atoms in total. The molecule has 1 aromatic rings. The molecule has 0 saturated carbocycles. The van der Waals surface area contributed by atoms with Crippen LogP contribution < -0.4 is 0 Å². The smallest absolute Gasteiger partial charge is 0.186 e. The first-order valence-electron chi connectivity index (χ1n) is 6.41. The monoisotopic (exact) mass is 251 g/mol. The van der Waals surface area contributed by atoms with Gasteiger partial charge in [0.15, 0.2) is 5.78 Å². The Morgan fingerprint density at radius 1 is 1.47 bits per heavy atom. The molecule has 2 atom stereocenters. The fourth-order valence-electron chi connectivity index (χ4n) is 2.49. The molecule has 2 unspecified atom stereocenters. The van der Waals surface area contributed by atoms with E-state index in [1.54, 1.807) is 11.3 Å². The highest BCUT2D eigenvalue weighted by Gasteiger charge is 2.26. The second-order valence-electron chi connectivity index (χ2n) is 5.16. The van der Waals surface area contributed by atoms with Crippen LogP contribution in [0.3, 0.4) is 0 Å². The summed E-state index contributed by atoms with van der Waals surface area (Å²) in [6, 6.07) is 4.52. The Balaban J connectivity index is 1.98. The maximum atomic E-state index is 12.1. The van der Waals surface area contributed by atoms with Gasteiger partial charge in [0.1, 0.15) is 0 Å². The Morgan fingerprint density at radius 3 is 2.88 bits per heavy atom. The van der Waals surface area contributed by atoms with E-state index in [2.05, 4.69) is 18.7 Å². The summed E-state index contributed by atoms with van der Waals surface area (Å²) in [6.45, 7) is 8.24. The Kier molecular flexibility index (Phi) is 4.00. The van der Waals surface area contributed by atoms with Crippen LogP contribution in [-0.2, 0) is 0 Å². The van der Waals surface area contributed by atoms with Crippen molar-refractivity contribution in [1.82, 2.24) is 4.90 Å². The topological polar surface area (TPSA) is 20.3 Å². The van der Waals surface area contributed by atoms with Crippen LogP contribution in [0.1, 0.15) is 41.2 Å². The first kappa shape index (κ1) is 12.8. The SMILES string of the molecule is Cc1ccc(C(=O)CN2CCCC(C)C2C)s1. The quantitative estimate of drug-likeness (QED) is 0.768. The van der Waals surface area contributed by atoms with Crippen molar-refractivity contribution >= 4 is 17.1 Å². The van der Waals surface area contributed by atoms with Crippen LogP contribution in [0, 0.1) is 12.8 Å². The number of piperidine rings is 1. The van der Waals surface area contributed by atoms with E-state index in [1.807, 2.05) is 19.1 Å². The molecule has 0 aromatic carbocycles. The van der Waals surface area contributed by atoms with Gasteiger partial charge in [0.2, 0.25) is 0 Å². The highest BCUT2D eigenvalue weighted by Crippen LogP contribution is 2.24. The molecule has 0 spiro atoms. The van der Waals surface area contributed by atoms with E-state index in [1.165, 1.54) is 17.7 Å². The summed E-state index contributed by atoms with van der Waals surface area (Å²) in [4.78, 5) is 16.6. The first-order chi connectivity index (χ1) is 8.08. The molecule has 0 amide bonds. The highest BCUT2D eigenvalue weighted by atomic mass is 32.1. The zero-order chi connectivity index (χ0) is 12.4. The molecule has 0 radical (unpaired) electrons. The standard InChI is InChI=1S/C14H21NOS/c1-10-5-4-8-15(12(10)3)9-13(16)14-7-6-11(2)17-14/h6-7,10,12H,4-5,8-9H2,1-3H3. The van der Waals surface area contributed by atoms with Crippen molar-refractivity contribution in [1.29, 1.82) is 0 Å². The van der Waals surface area contributed by atoms with Gasteiger partial charge in [-0.1, -0.05) is 6.92 Å². The summed E-state index contributed by atoms with van der Waals surface area (Å²) in [6.07, 6.45) is 2.52. The van der Waals surface area contributed by atoms with E-state index >= 15 is 0 Å². The number of hydrogen-bond acceptors (Lipinski definition) is 3. The molecule has 2 rings (SSSR count). The fraction of sp³-hybridized carbons (Fsp3) is 0.643. The molecule has 0 aliphatic carbocycles. The summed E-state index contributed by atoms with van der Waals surface area (Å²) in [5, 5.41) is 0. The summed E-state index contributed by atoms with van der Waals surface area (Å²) in [5.41, 5.74) is 0. The normalized spacial score (nSPS) is 26.1. The van der Waals surface area contributed by atoms with Gasteiger partial charge in [-0.15, -0.1) is 11.3 Å². The van der Waals surface area contributed by atoms with Crippen LogP contribution in [-0.4, -0.2) is 29.8 Å². The molecule has 94 valence electrons. The Morgan fingerprint density at radius 2 is 2.24 bits per heavy atom. The lowest BCUT2D eigenvalue weighted by atomic mass is 9.92. The third kappa shape index (κ3) is 2.96. The van der Waals surface area contributed by atoms with Crippen LogP contribution >= 0.6 is 11.3 Å². The lowest BCUT2D eigenvalue weighted by molar-refractivity contribution is 0.0783. The van der Waals surface area contributed by atoms with Crippen LogP contribution in [0.15, 0.2) is 12.1 Å². The van der Waals surface area contributed by atoms with Crippen LogP contribution in [0.25, 0.3) is 0 Å². The Labute approximate surface area is 108 Å². The zero-order valence-electron chi connectivity index (χ0n) is 10.9. The van der Waals surface area contributed by atoms with E-state index in [4.69, 9.17) is 0 Å². The molecule has 0 bridgehead atoms. The average molecular weight is 251 g/mol. The van der Waals surface area contributed by atoms with E-state index in [0.717, 1.165) is 11.4 Å². The summed E-state index contributed by atoms with van der Waals surface area (Å²) in [5.74, 6) is 0.991. The number of thiophene rings is 1. The lowest BCUT2D eigenvalue weighted by Crippen LogP contribution is -2.44. The highest BCUT2D eigenvalue weighted by molar-refractivity contribution is 7.14. The predicted octanol–water partition coefficient (Wildman–Crippen LogP) is 3.36. The molecular weight excluding hydrogens is 230 g/mol. The van der Waals surface area contributed by atoms with Crippen LogP contribution in [0.5, 0.6) is 0 Å². The van der Waals surface area contributed by atoms with Gasteiger partial charge in [0, 0.05) is 10.9 Å². The first-order valence-corrected chi connectivity index (χ1v) is 7.23. The minimum atomic E-state index is 0.282. The number of carbonyl (C=O) groups is 1. The molecule has 17 heavy (non-hydrogen) atoms. The van der Waals surface area contributed by atoms with Gasteiger partial charge in [0.05, 0.1) is 11.4 Å². The van der Waals surface area contributed by atoms with Crippen molar-refractivity contribution in [2.75, 3.05) is 13.1 Å². The number of likely N-dealkylation sites (tertiary alicyclic amines) is 1. The van der Waals surface area contributed by atoms with Crippen molar-refractivity contribution in [3.05, 3.63) is 21.9 Å². The Bertz CT molecular complexity index is 399. The molecular formula is C14H21NOS. The van der Waals surface area contributed by atoms with E-state index in [9.17, 15) is 4.79 Å². The lowest BCUT2D eigenvalue weighted by Gasteiger charge is -2.37. The summed E-state index contributed by atoms with van der Waals surface area (Å²) < 4.78 is 0. The minimum absolute atomic E-state index is 0.282. The fourth-order valence-corrected chi connectivity index (χ4v) is 3.29. The molecule has 1 aliphatic heterocycles. The van der Waals surface area contributed by atoms with Gasteiger partial charge in [-0.3, -0.25) is 9.69 Å². The summed E-state index contributed by atoms with van der Waals surface area (Å²) in [7, 11) is 0. The van der Waals surface area contributed by atoms with Gasteiger partial charge in [-0.05, 0) is 51.3 Å². The average Bonchev–Trinajstić information content (AvgIpc) is 2.72. The second-order valence-corrected chi connectivity index (χ2v) is 6.45. The molecule has 1 fully saturated rings. The number of hydrogen-bond donors (Lipinski definition) is 0. The molecule has 1 aromatic heterocycles. The number of nitrogens with zero attached hydrogens (tertiary/aromatic N) is 1. The van der Waals surface area contributed by atoms with Crippen molar-refractivity contribution in [3.8, 4) is 0 Å². The third-order valence-corrected chi connectivity index (χ3v) is 4.91. The maximum absolute atomic E-state index is 12.1. The third-order valence-electron chi connectivity index (χ3n) is 3.87. The number of Topliss-reactive ketones (excluding diaryl/α,β-unsaturated/α-hetero) is 1. The second kappa shape index (κ2) is 5.32. The van der Waals surface area contributed by atoms with E-state index in [0.29, 0.717) is 18.5 Å². The number of carbonyl (C=O) groups excluding carboxylic acids is 1. The van der Waals surface area contributed by atoms with E-state index < -0.39 is 0 Å². The van der Waals surface area contributed by atoms with Gasteiger partial charge in [-0.2, -0.15) is 0 Å². The maximum Gasteiger partial charge on any atom is 0.186 e. The van der Waals surface area contributed by atoms with Crippen molar-refractivity contribution < 1.29 is 4.79 Å². The van der Waals surface area contributed by atoms with Gasteiger partial charge < -0.3 is 0 Å². The minimum Gasteiger partial charge on any atom is -0.293 e.